The standard InChI is InChI=1S/C21H32N6O/c1-4-7-22-21-23-8-18(9-24-21)12-27-11-17-5-6-19(27)13-26(10-17)14-20-15(2)25-28-16(20)3/h8-9,17,19H,4-7,10-14H2,1-3H3,(H,22,23,24)/t17-,19+/m1/s1. The number of aromatic nitrogens is 3. The maximum Gasteiger partial charge on any atom is 0.222 e. The fourth-order valence-corrected chi connectivity index (χ4v) is 4.55. The highest BCUT2D eigenvalue weighted by atomic mass is 16.5. The minimum Gasteiger partial charge on any atom is -0.361 e. The molecule has 0 spiro atoms. The molecule has 2 atom stereocenters. The topological polar surface area (TPSA) is 70.3 Å². The van der Waals surface area contributed by atoms with Crippen LogP contribution in [0.15, 0.2) is 16.9 Å². The van der Waals surface area contributed by atoms with E-state index in [1.165, 1.54) is 30.5 Å². The number of nitrogens with zero attached hydrogens (tertiary/aromatic N) is 5. The average Bonchev–Trinajstić information content (AvgIpc) is 2.87. The number of piperidine rings is 1. The molecule has 3 aliphatic heterocycles. The third-order valence-electron chi connectivity index (χ3n) is 6.09. The zero-order valence-electron chi connectivity index (χ0n) is 17.3. The number of aryl methyl sites for hydroxylation is 2. The first-order valence-electron chi connectivity index (χ1n) is 10.5. The van der Waals surface area contributed by atoms with Gasteiger partial charge in [0, 0.05) is 68.8 Å². The zero-order valence-corrected chi connectivity index (χ0v) is 17.3. The maximum absolute atomic E-state index is 5.37. The lowest BCUT2D eigenvalue weighted by molar-refractivity contribution is 0.123. The number of anilines is 1. The van der Waals surface area contributed by atoms with E-state index in [1.807, 2.05) is 26.2 Å². The summed E-state index contributed by atoms with van der Waals surface area (Å²) in [5.41, 5.74) is 3.49. The third-order valence-corrected chi connectivity index (χ3v) is 6.09. The van der Waals surface area contributed by atoms with E-state index in [9.17, 15) is 0 Å². The van der Waals surface area contributed by atoms with Crippen LogP contribution in [0.4, 0.5) is 5.95 Å². The van der Waals surface area contributed by atoms with Crippen molar-refractivity contribution in [2.24, 2.45) is 5.92 Å². The van der Waals surface area contributed by atoms with Gasteiger partial charge in [0.2, 0.25) is 5.95 Å². The molecular formula is C21H32N6O. The van der Waals surface area contributed by atoms with Gasteiger partial charge in [0.25, 0.3) is 0 Å². The van der Waals surface area contributed by atoms with E-state index < -0.39 is 0 Å². The van der Waals surface area contributed by atoms with Crippen LogP contribution in [-0.2, 0) is 13.1 Å². The summed E-state index contributed by atoms with van der Waals surface area (Å²) >= 11 is 0. The van der Waals surface area contributed by atoms with E-state index in [0.717, 1.165) is 62.5 Å². The van der Waals surface area contributed by atoms with E-state index in [-0.39, 0.29) is 0 Å². The Bertz CT molecular complexity index is 754. The molecule has 5 rings (SSSR count). The second-order valence-electron chi connectivity index (χ2n) is 8.37. The van der Waals surface area contributed by atoms with Crippen LogP contribution in [0.2, 0.25) is 0 Å². The third kappa shape index (κ3) is 4.36. The molecule has 5 heterocycles. The Balaban J connectivity index is 1.39. The predicted octanol–water partition coefficient (Wildman–Crippen LogP) is 3.00. The summed E-state index contributed by atoms with van der Waals surface area (Å²) in [6.07, 6.45) is 7.64. The van der Waals surface area contributed by atoms with E-state index in [1.54, 1.807) is 0 Å². The van der Waals surface area contributed by atoms with Crippen LogP contribution < -0.4 is 5.32 Å². The Hall–Kier alpha value is -1.99. The van der Waals surface area contributed by atoms with Crippen molar-refractivity contribution in [3.8, 4) is 0 Å². The monoisotopic (exact) mass is 384 g/mol. The molecule has 1 N–H and O–H groups in total. The van der Waals surface area contributed by atoms with Gasteiger partial charge in [-0.3, -0.25) is 9.80 Å². The predicted molar refractivity (Wildman–Crippen MR) is 109 cm³/mol. The van der Waals surface area contributed by atoms with Crippen molar-refractivity contribution in [1.82, 2.24) is 24.9 Å². The second kappa shape index (κ2) is 8.57. The summed E-state index contributed by atoms with van der Waals surface area (Å²) in [7, 11) is 0. The van der Waals surface area contributed by atoms with Crippen LogP contribution >= 0.6 is 0 Å². The lowest BCUT2D eigenvalue weighted by Crippen LogP contribution is -2.43. The van der Waals surface area contributed by atoms with Crippen LogP contribution in [0.5, 0.6) is 0 Å². The van der Waals surface area contributed by atoms with Crippen LogP contribution in [0, 0.1) is 19.8 Å². The molecule has 2 aromatic heterocycles. The van der Waals surface area contributed by atoms with Crippen molar-refractivity contribution >= 4 is 5.95 Å². The van der Waals surface area contributed by atoms with Crippen LogP contribution in [0.25, 0.3) is 0 Å². The van der Waals surface area contributed by atoms with Gasteiger partial charge in [0.1, 0.15) is 5.76 Å². The molecule has 2 bridgehead atoms. The highest BCUT2D eigenvalue weighted by Crippen LogP contribution is 2.30. The molecule has 3 aliphatic rings. The summed E-state index contributed by atoms with van der Waals surface area (Å²) in [5, 5.41) is 7.37. The first-order chi connectivity index (χ1) is 13.6. The lowest BCUT2D eigenvalue weighted by Gasteiger charge is -2.36. The average molecular weight is 385 g/mol. The van der Waals surface area contributed by atoms with Crippen molar-refractivity contribution in [2.45, 2.75) is 59.2 Å². The molecule has 7 nitrogen and oxygen atoms in total. The first kappa shape index (κ1) is 19.3. The molecule has 0 aromatic carbocycles. The number of hydrogen-bond acceptors (Lipinski definition) is 7. The van der Waals surface area contributed by atoms with Gasteiger partial charge >= 0.3 is 0 Å². The molecule has 0 unspecified atom stereocenters. The summed E-state index contributed by atoms with van der Waals surface area (Å²) in [6.45, 7) is 12.4. The molecule has 2 aromatic rings. The van der Waals surface area contributed by atoms with Crippen molar-refractivity contribution in [1.29, 1.82) is 0 Å². The van der Waals surface area contributed by atoms with Crippen LogP contribution in [0.1, 0.15) is 48.8 Å². The van der Waals surface area contributed by atoms with E-state index in [0.29, 0.717) is 6.04 Å². The highest BCUT2D eigenvalue weighted by molar-refractivity contribution is 5.24. The summed E-state index contributed by atoms with van der Waals surface area (Å²) in [6, 6.07) is 0.595. The van der Waals surface area contributed by atoms with E-state index in [2.05, 4.69) is 37.2 Å². The molecule has 0 aliphatic carbocycles. The Labute approximate surface area is 167 Å². The fraction of sp³-hybridized carbons (Fsp3) is 0.667. The van der Waals surface area contributed by atoms with E-state index >= 15 is 0 Å². The first-order valence-corrected chi connectivity index (χ1v) is 10.5. The van der Waals surface area contributed by atoms with Crippen molar-refractivity contribution in [3.05, 3.63) is 35.0 Å². The van der Waals surface area contributed by atoms with Gasteiger partial charge in [-0.1, -0.05) is 12.1 Å². The smallest absolute Gasteiger partial charge is 0.222 e. The molecule has 3 saturated heterocycles. The van der Waals surface area contributed by atoms with Crippen molar-refractivity contribution < 1.29 is 4.52 Å². The summed E-state index contributed by atoms with van der Waals surface area (Å²) in [4.78, 5) is 14.2. The maximum atomic E-state index is 5.37. The number of nitrogens with one attached hydrogen (secondary N) is 1. The molecular weight excluding hydrogens is 352 g/mol. The second-order valence-corrected chi connectivity index (χ2v) is 8.37. The Kier molecular flexibility index (Phi) is 5.92. The molecule has 28 heavy (non-hydrogen) atoms. The number of rotatable bonds is 7. The number of fused-ring (bicyclic) bond motifs is 4. The molecule has 0 saturated carbocycles. The van der Waals surface area contributed by atoms with Gasteiger partial charge in [-0.25, -0.2) is 9.97 Å². The molecule has 0 amide bonds. The minimum atomic E-state index is 0.595. The van der Waals surface area contributed by atoms with Gasteiger partial charge in [0.15, 0.2) is 0 Å². The number of hydrogen-bond donors (Lipinski definition) is 1. The van der Waals surface area contributed by atoms with Gasteiger partial charge < -0.3 is 9.84 Å². The van der Waals surface area contributed by atoms with Crippen LogP contribution in [0.3, 0.4) is 0 Å². The van der Waals surface area contributed by atoms with Crippen LogP contribution in [-0.4, -0.2) is 57.1 Å². The molecule has 3 fully saturated rings. The van der Waals surface area contributed by atoms with Crippen molar-refractivity contribution in [3.63, 3.8) is 0 Å². The Morgan fingerprint density at radius 1 is 1.11 bits per heavy atom. The summed E-state index contributed by atoms with van der Waals surface area (Å²) < 4.78 is 5.37. The van der Waals surface area contributed by atoms with Crippen molar-refractivity contribution in [2.75, 3.05) is 31.5 Å². The van der Waals surface area contributed by atoms with Gasteiger partial charge in [0.05, 0.1) is 5.69 Å². The Morgan fingerprint density at radius 3 is 2.64 bits per heavy atom. The Morgan fingerprint density at radius 2 is 1.93 bits per heavy atom. The lowest BCUT2D eigenvalue weighted by atomic mass is 9.95. The molecule has 0 radical (unpaired) electrons. The quantitative estimate of drug-likeness (QED) is 0.787. The normalized spacial score (nSPS) is 23.1. The fourth-order valence-electron chi connectivity index (χ4n) is 4.55. The molecule has 7 heteroatoms. The highest BCUT2D eigenvalue weighted by Gasteiger charge is 2.35. The minimum absolute atomic E-state index is 0.595. The summed E-state index contributed by atoms with van der Waals surface area (Å²) in [5.74, 6) is 2.42. The van der Waals surface area contributed by atoms with Gasteiger partial charge in [-0.05, 0) is 39.0 Å². The SMILES string of the molecule is CCCNc1ncc(CN2C[C@@H]3CC[C@H]2CN(Cc2c(C)noc2C)C3)cn1. The van der Waals surface area contributed by atoms with E-state index in [4.69, 9.17) is 4.52 Å². The zero-order chi connectivity index (χ0) is 19.5. The van der Waals surface area contributed by atoms with Gasteiger partial charge in [-0.2, -0.15) is 0 Å². The molecule has 152 valence electrons. The largest absolute Gasteiger partial charge is 0.361 e. The van der Waals surface area contributed by atoms with Gasteiger partial charge in [-0.15, -0.1) is 0 Å².